The SMILES string of the molecule is CCC1CCC(c2ccc(-c3cc(C(F)F)ccc3C(O)=S)cc2)CC1.C[C@H]1CC[C@H](c2ccc(OC(=O)c3ccc(SC(F)F)cc3)cc2)CC1. The molecule has 4 aromatic rings. The molecule has 0 saturated heterocycles. The highest BCUT2D eigenvalue weighted by atomic mass is 32.2. The van der Waals surface area contributed by atoms with E-state index < -0.39 is 18.2 Å². The summed E-state index contributed by atoms with van der Waals surface area (Å²) in [5.74, 6) is 0.381. The van der Waals surface area contributed by atoms with Crippen LogP contribution in [-0.2, 0) is 0 Å². The maximum Gasteiger partial charge on any atom is 0.343 e. The van der Waals surface area contributed by atoms with E-state index in [2.05, 4.69) is 26.0 Å². The summed E-state index contributed by atoms with van der Waals surface area (Å²) in [5, 5.41) is 9.47. The van der Waals surface area contributed by atoms with Crippen molar-refractivity contribution < 1.29 is 32.2 Å². The molecule has 276 valence electrons. The summed E-state index contributed by atoms with van der Waals surface area (Å²) in [6.45, 7) is 4.56. The molecule has 0 heterocycles. The minimum atomic E-state index is -2.55. The zero-order chi connectivity index (χ0) is 37.2. The van der Waals surface area contributed by atoms with Gasteiger partial charge in [0.15, 0.2) is 5.05 Å². The van der Waals surface area contributed by atoms with E-state index in [9.17, 15) is 27.5 Å². The van der Waals surface area contributed by atoms with Crippen molar-refractivity contribution in [3.05, 3.63) is 119 Å². The highest BCUT2D eigenvalue weighted by Crippen LogP contribution is 2.39. The van der Waals surface area contributed by atoms with Gasteiger partial charge in [-0.2, -0.15) is 8.78 Å². The molecule has 2 fully saturated rings. The minimum absolute atomic E-state index is 0.0676. The Labute approximate surface area is 314 Å². The van der Waals surface area contributed by atoms with Gasteiger partial charge in [-0.05, 0) is 145 Å². The van der Waals surface area contributed by atoms with Crippen LogP contribution in [0.3, 0.4) is 0 Å². The average Bonchev–Trinajstić information content (AvgIpc) is 3.15. The van der Waals surface area contributed by atoms with E-state index in [1.54, 1.807) is 0 Å². The number of carbonyl (C=O) groups is 1. The van der Waals surface area contributed by atoms with E-state index >= 15 is 0 Å². The second-order valence-corrected chi connectivity index (χ2v) is 15.4. The van der Waals surface area contributed by atoms with Crippen molar-refractivity contribution in [2.45, 2.75) is 101 Å². The van der Waals surface area contributed by atoms with Gasteiger partial charge in [-0.3, -0.25) is 0 Å². The van der Waals surface area contributed by atoms with Gasteiger partial charge in [0.2, 0.25) is 0 Å². The van der Waals surface area contributed by atoms with Crippen molar-refractivity contribution in [2.24, 2.45) is 11.8 Å². The molecule has 9 heteroatoms. The van der Waals surface area contributed by atoms with Gasteiger partial charge in [-0.25, -0.2) is 13.6 Å². The Morgan fingerprint density at radius 2 is 1.35 bits per heavy atom. The largest absolute Gasteiger partial charge is 0.499 e. The summed E-state index contributed by atoms with van der Waals surface area (Å²) in [5.41, 5.74) is 4.64. The molecule has 0 aliphatic heterocycles. The Balaban J connectivity index is 0.000000201. The molecule has 3 nitrogen and oxygen atoms in total. The van der Waals surface area contributed by atoms with Crippen molar-refractivity contribution in [3.63, 3.8) is 0 Å². The molecule has 1 N–H and O–H groups in total. The third kappa shape index (κ3) is 10.9. The second kappa shape index (κ2) is 18.9. The maximum absolute atomic E-state index is 13.1. The highest BCUT2D eigenvalue weighted by molar-refractivity contribution is 7.99. The van der Waals surface area contributed by atoms with E-state index in [1.807, 2.05) is 36.4 Å². The topological polar surface area (TPSA) is 46.5 Å². The van der Waals surface area contributed by atoms with Crippen LogP contribution in [0.4, 0.5) is 17.6 Å². The smallest absolute Gasteiger partial charge is 0.343 e. The Bertz CT molecular complexity index is 1750. The van der Waals surface area contributed by atoms with E-state index in [0.29, 0.717) is 50.9 Å². The monoisotopic (exact) mass is 750 g/mol. The first-order valence-corrected chi connectivity index (χ1v) is 19.4. The molecule has 0 atom stereocenters. The van der Waals surface area contributed by atoms with Crippen molar-refractivity contribution in [3.8, 4) is 16.9 Å². The van der Waals surface area contributed by atoms with Crippen LogP contribution in [0.5, 0.6) is 5.75 Å². The third-order valence-electron chi connectivity index (χ3n) is 10.5. The van der Waals surface area contributed by atoms with Crippen LogP contribution >= 0.6 is 24.0 Å². The van der Waals surface area contributed by atoms with Crippen LogP contribution in [0.2, 0.25) is 0 Å². The fourth-order valence-corrected chi connectivity index (χ4v) is 7.98. The predicted octanol–water partition coefficient (Wildman–Crippen LogP) is 13.7. The van der Waals surface area contributed by atoms with Crippen molar-refractivity contribution in [1.29, 1.82) is 0 Å². The Hall–Kier alpha value is -3.69. The lowest BCUT2D eigenvalue weighted by Crippen LogP contribution is -2.12. The van der Waals surface area contributed by atoms with Gasteiger partial charge in [-0.15, -0.1) is 0 Å². The molecule has 0 radical (unpaired) electrons. The number of carbonyl (C=O) groups excluding carboxylic acids is 1. The molecular formula is C43H46F4O3S2. The van der Waals surface area contributed by atoms with Gasteiger partial charge < -0.3 is 9.84 Å². The molecule has 52 heavy (non-hydrogen) atoms. The summed E-state index contributed by atoms with van der Waals surface area (Å²) in [7, 11) is 0. The fraction of sp³-hybridized carbons (Fsp3) is 0.395. The lowest BCUT2D eigenvalue weighted by atomic mass is 9.77. The summed E-state index contributed by atoms with van der Waals surface area (Å²) < 4.78 is 56.2. The molecule has 0 unspecified atom stereocenters. The number of thioether (sulfide) groups is 1. The van der Waals surface area contributed by atoms with Gasteiger partial charge >= 0.3 is 5.97 Å². The number of esters is 1. The summed E-state index contributed by atoms with van der Waals surface area (Å²) in [6, 6.07) is 26.0. The van der Waals surface area contributed by atoms with Crippen LogP contribution in [0.25, 0.3) is 11.1 Å². The van der Waals surface area contributed by atoms with E-state index in [0.717, 1.165) is 17.4 Å². The molecular weight excluding hydrogens is 705 g/mol. The van der Waals surface area contributed by atoms with Crippen molar-refractivity contribution in [2.75, 3.05) is 0 Å². The quantitative estimate of drug-likeness (QED) is 0.0575. The molecule has 0 bridgehead atoms. The molecule has 2 aliphatic carbocycles. The molecule has 4 aromatic carbocycles. The predicted molar refractivity (Wildman–Crippen MR) is 206 cm³/mol. The van der Waals surface area contributed by atoms with Gasteiger partial charge in [-0.1, -0.05) is 87.3 Å². The number of rotatable bonds is 10. The highest BCUT2D eigenvalue weighted by Gasteiger charge is 2.22. The van der Waals surface area contributed by atoms with E-state index in [4.69, 9.17) is 17.0 Å². The number of halogens is 4. The molecule has 0 aromatic heterocycles. The van der Waals surface area contributed by atoms with E-state index in [-0.39, 0.29) is 10.6 Å². The fourth-order valence-electron chi connectivity index (χ4n) is 7.30. The first-order valence-electron chi connectivity index (χ1n) is 18.1. The Morgan fingerprint density at radius 3 is 1.87 bits per heavy atom. The zero-order valence-corrected chi connectivity index (χ0v) is 31.2. The molecule has 6 rings (SSSR count). The Kier molecular flexibility index (Phi) is 14.3. The first-order chi connectivity index (χ1) is 25.0. The first kappa shape index (κ1) is 39.5. The normalized spacial score (nSPS) is 20.2. The molecule has 0 amide bonds. The molecule has 0 spiro atoms. The van der Waals surface area contributed by atoms with Crippen molar-refractivity contribution in [1.82, 2.24) is 0 Å². The van der Waals surface area contributed by atoms with Crippen molar-refractivity contribution >= 4 is 35.0 Å². The number of thiocarbonyl (C=S) groups is 1. The molecule has 2 aliphatic rings. The van der Waals surface area contributed by atoms with Gasteiger partial charge in [0.05, 0.1) is 5.56 Å². The lowest BCUT2D eigenvalue weighted by Gasteiger charge is -2.28. The van der Waals surface area contributed by atoms with Crippen LogP contribution in [-0.4, -0.2) is 21.9 Å². The van der Waals surface area contributed by atoms with Gasteiger partial charge in [0, 0.05) is 16.0 Å². The standard InChI is InChI=1S/C22H24F2OS.C21H22F2O2S/c1-2-14-3-5-15(6-4-14)16-7-9-17(10-8-16)20-13-18(21(23)24)11-12-19(20)22(25)26;1-14-2-4-15(5-3-14)16-6-10-18(11-7-16)25-20(24)17-8-12-19(13-9-17)26-21(22)23/h7-15,21H,2-6H2,1H3,(H,25,26);6-15,21H,2-5H2,1H3/t;14-,15-. The summed E-state index contributed by atoms with van der Waals surface area (Å²) >= 11 is 5.33. The number of benzene rings is 4. The second-order valence-electron chi connectivity index (χ2n) is 14.0. The number of aliphatic hydroxyl groups excluding tert-OH is 1. The number of hydrogen-bond donors (Lipinski definition) is 1. The number of hydrogen-bond acceptors (Lipinski definition) is 4. The third-order valence-corrected chi connectivity index (χ3v) is 11.5. The van der Waals surface area contributed by atoms with Gasteiger partial charge in [0.25, 0.3) is 12.2 Å². The van der Waals surface area contributed by atoms with Crippen LogP contribution < -0.4 is 4.74 Å². The number of ether oxygens (including phenoxy) is 1. The minimum Gasteiger partial charge on any atom is -0.499 e. The summed E-state index contributed by atoms with van der Waals surface area (Å²) in [4.78, 5) is 12.6. The van der Waals surface area contributed by atoms with Crippen LogP contribution in [0.1, 0.15) is 123 Å². The Morgan fingerprint density at radius 1 is 0.788 bits per heavy atom. The van der Waals surface area contributed by atoms with Crippen LogP contribution in [0.15, 0.2) is 95.9 Å². The zero-order valence-electron chi connectivity index (χ0n) is 29.6. The number of alkyl halides is 4. The molecule has 2 saturated carbocycles. The van der Waals surface area contributed by atoms with Gasteiger partial charge in [0.1, 0.15) is 5.75 Å². The van der Waals surface area contributed by atoms with E-state index in [1.165, 1.54) is 111 Å². The summed E-state index contributed by atoms with van der Waals surface area (Å²) in [6.07, 6.45) is 8.65. The maximum atomic E-state index is 13.1. The lowest BCUT2D eigenvalue weighted by molar-refractivity contribution is 0.0734. The van der Waals surface area contributed by atoms with Crippen LogP contribution in [0, 0.1) is 11.8 Å². The average molecular weight is 751 g/mol. The number of aliphatic hydroxyl groups is 1.